The fourth-order valence-corrected chi connectivity index (χ4v) is 2.78. The van der Waals surface area contributed by atoms with Gasteiger partial charge in [-0.25, -0.2) is 0 Å². The third-order valence-electron chi connectivity index (χ3n) is 4.05. The van der Waals surface area contributed by atoms with Crippen LogP contribution >= 0.6 is 0 Å². The summed E-state index contributed by atoms with van der Waals surface area (Å²) in [6.07, 6.45) is 3.05. The zero-order valence-electron chi connectivity index (χ0n) is 14.2. The Morgan fingerprint density at radius 1 is 1.15 bits per heavy atom. The largest absolute Gasteiger partial charge is 0.487 e. The number of nitrogens with zero attached hydrogens (tertiary/aromatic N) is 5. The summed E-state index contributed by atoms with van der Waals surface area (Å²) in [5.74, 6) is 1.42. The van der Waals surface area contributed by atoms with Crippen molar-refractivity contribution in [3.8, 4) is 11.6 Å². The van der Waals surface area contributed by atoms with E-state index < -0.39 is 0 Å². The SMILES string of the molecule is COc1cncc(N2CCn3nc(COc4ccccc4)cc3C2=O)n1. The maximum atomic E-state index is 12.8. The Morgan fingerprint density at radius 2 is 2.00 bits per heavy atom. The molecule has 8 nitrogen and oxygen atoms in total. The Kier molecular flexibility index (Phi) is 4.22. The molecule has 0 bridgehead atoms. The smallest absolute Gasteiger partial charge is 0.277 e. The predicted molar refractivity (Wildman–Crippen MR) is 93.3 cm³/mol. The molecule has 2 aromatic heterocycles. The molecule has 0 saturated heterocycles. The van der Waals surface area contributed by atoms with Crippen LogP contribution in [0.5, 0.6) is 11.6 Å². The maximum absolute atomic E-state index is 12.8. The van der Waals surface area contributed by atoms with Gasteiger partial charge in [-0.2, -0.15) is 10.1 Å². The summed E-state index contributed by atoms with van der Waals surface area (Å²) in [4.78, 5) is 22.8. The normalized spacial score (nSPS) is 13.4. The molecule has 0 saturated carbocycles. The molecule has 1 amide bonds. The number of benzene rings is 1. The molecule has 3 aromatic rings. The first kappa shape index (κ1) is 16.1. The lowest BCUT2D eigenvalue weighted by Crippen LogP contribution is -2.41. The van der Waals surface area contributed by atoms with Crippen molar-refractivity contribution in [2.45, 2.75) is 13.2 Å². The minimum atomic E-state index is -0.169. The Balaban J connectivity index is 1.52. The lowest BCUT2D eigenvalue weighted by molar-refractivity contribution is 0.0961. The average molecular weight is 351 g/mol. The number of carbonyl (C=O) groups is 1. The Morgan fingerprint density at radius 3 is 2.81 bits per heavy atom. The highest BCUT2D eigenvalue weighted by Crippen LogP contribution is 2.21. The molecule has 132 valence electrons. The van der Waals surface area contributed by atoms with Crippen LogP contribution in [0.1, 0.15) is 16.2 Å². The second-order valence-corrected chi connectivity index (χ2v) is 5.72. The van der Waals surface area contributed by atoms with Crippen molar-refractivity contribution in [3.05, 3.63) is 60.2 Å². The minimum absolute atomic E-state index is 0.169. The van der Waals surface area contributed by atoms with Gasteiger partial charge in [-0.1, -0.05) is 18.2 Å². The van der Waals surface area contributed by atoms with E-state index in [-0.39, 0.29) is 5.91 Å². The van der Waals surface area contributed by atoms with Crippen LogP contribution in [0.2, 0.25) is 0 Å². The number of fused-ring (bicyclic) bond motifs is 1. The van der Waals surface area contributed by atoms with Crippen molar-refractivity contribution in [1.82, 2.24) is 19.7 Å². The molecule has 0 unspecified atom stereocenters. The van der Waals surface area contributed by atoms with Gasteiger partial charge in [0.1, 0.15) is 23.7 Å². The van der Waals surface area contributed by atoms with E-state index in [2.05, 4.69) is 15.1 Å². The van der Waals surface area contributed by atoms with Crippen molar-refractivity contribution in [3.63, 3.8) is 0 Å². The van der Waals surface area contributed by atoms with Crippen molar-refractivity contribution in [1.29, 1.82) is 0 Å². The average Bonchev–Trinajstić information content (AvgIpc) is 3.12. The summed E-state index contributed by atoms with van der Waals surface area (Å²) < 4.78 is 12.5. The first-order valence-electron chi connectivity index (χ1n) is 8.17. The first-order chi connectivity index (χ1) is 12.7. The molecule has 1 aromatic carbocycles. The molecule has 0 fully saturated rings. The van der Waals surface area contributed by atoms with E-state index in [1.807, 2.05) is 30.3 Å². The van der Waals surface area contributed by atoms with Crippen LogP contribution < -0.4 is 14.4 Å². The van der Waals surface area contributed by atoms with E-state index in [9.17, 15) is 4.79 Å². The fraction of sp³-hybridized carbons (Fsp3) is 0.222. The number of methoxy groups -OCH3 is 1. The van der Waals surface area contributed by atoms with Crippen LogP contribution in [0, 0.1) is 0 Å². The van der Waals surface area contributed by atoms with E-state index in [0.29, 0.717) is 42.8 Å². The van der Waals surface area contributed by atoms with Gasteiger partial charge in [-0.15, -0.1) is 0 Å². The maximum Gasteiger partial charge on any atom is 0.277 e. The van der Waals surface area contributed by atoms with Gasteiger partial charge in [0.05, 0.1) is 26.0 Å². The fourth-order valence-electron chi connectivity index (χ4n) is 2.78. The van der Waals surface area contributed by atoms with Crippen molar-refractivity contribution in [2.75, 3.05) is 18.6 Å². The monoisotopic (exact) mass is 351 g/mol. The van der Waals surface area contributed by atoms with Crippen LogP contribution in [0.3, 0.4) is 0 Å². The third kappa shape index (κ3) is 3.08. The van der Waals surface area contributed by atoms with Crippen molar-refractivity contribution in [2.24, 2.45) is 0 Å². The number of hydrogen-bond donors (Lipinski definition) is 0. The molecule has 0 atom stereocenters. The van der Waals surface area contributed by atoms with Gasteiger partial charge < -0.3 is 9.47 Å². The second-order valence-electron chi connectivity index (χ2n) is 5.72. The summed E-state index contributed by atoms with van der Waals surface area (Å²) in [5, 5.41) is 4.46. The molecule has 8 heteroatoms. The van der Waals surface area contributed by atoms with E-state index in [1.54, 1.807) is 21.8 Å². The molecule has 1 aliphatic rings. The van der Waals surface area contributed by atoms with Gasteiger partial charge in [0, 0.05) is 6.54 Å². The van der Waals surface area contributed by atoms with Crippen LogP contribution in [0.15, 0.2) is 48.8 Å². The molecule has 0 spiro atoms. The number of rotatable bonds is 5. The summed E-state index contributed by atoms with van der Waals surface area (Å²) >= 11 is 0. The number of amides is 1. The quantitative estimate of drug-likeness (QED) is 0.698. The van der Waals surface area contributed by atoms with E-state index in [0.717, 1.165) is 5.75 Å². The molecule has 26 heavy (non-hydrogen) atoms. The summed E-state index contributed by atoms with van der Waals surface area (Å²) in [5.41, 5.74) is 1.21. The van der Waals surface area contributed by atoms with Gasteiger partial charge in [0.15, 0.2) is 5.82 Å². The Hall–Kier alpha value is -3.42. The molecule has 0 N–H and O–H groups in total. The molecule has 0 radical (unpaired) electrons. The lowest BCUT2D eigenvalue weighted by atomic mass is 10.2. The molecular weight excluding hydrogens is 334 g/mol. The summed E-state index contributed by atoms with van der Waals surface area (Å²) in [7, 11) is 1.51. The molecule has 0 aliphatic carbocycles. The number of para-hydroxylation sites is 1. The topological polar surface area (TPSA) is 82.4 Å². The number of hydrogen-bond acceptors (Lipinski definition) is 6. The second kappa shape index (κ2) is 6.83. The standard InChI is InChI=1S/C18H17N5O3/c1-25-17-11-19-10-16(20-17)22-7-8-23-15(18(22)24)9-13(21-23)12-26-14-5-3-2-4-6-14/h2-6,9-11H,7-8,12H2,1H3. The summed E-state index contributed by atoms with van der Waals surface area (Å²) in [6.45, 7) is 1.34. The van der Waals surface area contributed by atoms with Gasteiger partial charge >= 0.3 is 0 Å². The Labute approximate surface area is 150 Å². The van der Waals surface area contributed by atoms with Gasteiger partial charge in [0.25, 0.3) is 5.91 Å². The van der Waals surface area contributed by atoms with E-state index >= 15 is 0 Å². The molecule has 3 heterocycles. The van der Waals surface area contributed by atoms with Gasteiger partial charge in [-0.05, 0) is 18.2 Å². The minimum Gasteiger partial charge on any atom is -0.487 e. The number of anilines is 1. The Bertz CT molecular complexity index is 926. The van der Waals surface area contributed by atoms with E-state index in [1.165, 1.54) is 13.3 Å². The zero-order valence-corrected chi connectivity index (χ0v) is 14.2. The molecule has 1 aliphatic heterocycles. The van der Waals surface area contributed by atoms with Crippen LogP contribution in [-0.2, 0) is 13.2 Å². The number of ether oxygens (including phenoxy) is 2. The van der Waals surface area contributed by atoms with Gasteiger partial charge in [-0.3, -0.25) is 19.4 Å². The van der Waals surface area contributed by atoms with Crippen LogP contribution in [0.25, 0.3) is 0 Å². The number of aromatic nitrogens is 4. The van der Waals surface area contributed by atoms with Crippen molar-refractivity contribution < 1.29 is 14.3 Å². The summed E-state index contributed by atoms with van der Waals surface area (Å²) in [6, 6.07) is 11.3. The lowest BCUT2D eigenvalue weighted by Gasteiger charge is -2.26. The highest BCUT2D eigenvalue weighted by Gasteiger charge is 2.28. The first-order valence-corrected chi connectivity index (χ1v) is 8.17. The molecule has 4 rings (SSSR count). The predicted octanol–water partition coefficient (Wildman–Crippen LogP) is 1.92. The highest BCUT2D eigenvalue weighted by atomic mass is 16.5. The zero-order chi connectivity index (χ0) is 17.9. The number of carbonyl (C=O) groups excluding carboxylic acids is 1. The van der Waals surface area contributed by atoms with E-state index in [4.69, 9.17) is 9.47 Å². The van der Waals surface area contributed by atoms with Crippen LogP contribution in [0.4, 0.5) is 5.82 Å². The van der Waals surface area contributed by atoms with Gasteiger partial charge in [0.2, 0.25) is 5.88 Å². The van der Waals surface area contributed by atoms with Crippen molar-refractivity contribution >= 4 is 11.7 Å². The van der Waals surface area contributed by atoms with Crippen LogP contribution in [-0.4, -0.2) is 39.3 Å². The third-order valence-corrected chi connectivity index (χ3v) is 4.05. The molecular formula is C18H17N5O3. The highest BCUT2D eigenvalue weighted by molar-refractivity contribution is 6.05.